The maximum atomic E-state index is 13.1. The molecule has 1 atom stereocenters. The van der Waals surface area contributed by atoms with Gasteiger partial charge in [-0.05, 0) is 33.0 Å². The standard InChI is InChI=1S/C13H21FN2O/c1-5-16(6-2)13(3,4)12(17)10-7-11(14)9-15-8-10/h7-9,12,17H,5-6H2,1-4H3. The second-order valence-electron chi connectivity index (χ2n) is 4.66. The number of aromatic nitrogens is 1. The van der Waals surface area contributed by atoms with Gasteiger partial charge in [0.1, 0.15) is 5.82 Å². The molecule has 96 valence electrons. The van der Waals surface area contributed by atoms with E-state index in [0.29, 0.717) is 5.56 Å². The first-order chi connectivity index (χ1) is 7.93. The highest BCUT2D eigenvalue weighted by molar-refractivity contribution is 5.17. The molecule has 0 aliphatic heterocycles. The smallest absolute Gasteiger partial charge is 0.141 e. The summed E-state index contributed by atoms with van der Waals surface area (Å²) in [4.78, 5) is 5.92. The summed E-state index contributed by atoms with van der Waals surface area (Å²) in [6, 6.07) is 1.34. The molecular weight excluding hydrogens is 219 g/mol. The van der Waals surface area contributed by atoms with Gasteiger partial charge in [-0.3, -0.25) is 9.88 Å². The third-order valence-corrected chi connectivity index (χ3v) is 3.29. The second kappa shape index (κ2) is 5.56. The number of aliphatic hydroxyl groups is 1. The van der Waals surface area contributed by atoms with Gasteiger partial charge < -0.3 is 5.11 Å². The molecule has 1 aromatic rings. The van der Waals surface area contributed by atoms with E-state index in [1.54, 1.807) is 0 Å². The number of likely N-dealkylation sites (N-methyl/N-ethyl adjacent to an activating group) is 1. The fourth-order valence-electron chi connectivity index (χ4n) is 2.20. The lowest BCUT2D eigenvalue weighted by molar-refractivity contribution is -0.00659. The average Bonchev–Trinajstić information content (AvgIpc) is 2.29. The van der Waals surface area contributed by atoms with Crippen molar-refractivity contribution in [2.24, 2.45) is 0 Å². The SMILES string of the molecule is CCN(CC)C(C)(C)C(O)c1cncc(F)c1. The third-order valence-electron chi connectivity index (χ3n) is 3.29. The van der Waals surface area contributed by atoms with E-state index >= 15 is 0 Å². The van der Waals surface area contributed by atoms with Gasteiger partial charge in [0, 0.05) is 17.3 Å². The Morgan fingerprint density at radius 1 is 1.35 bits per heavy atom. The molecule has 1 heterocycles. The summed E-state index contributed by atoms with van der Waals surface area (Å²) in [5.41, 5.74) is 0.0702. The zero-order valence-electron chi connectivity index (χ0n) is 10.9. The van der Waals surface area contributed by atoms with Crippen LogP contribution in [0.3, 0.4) is 0 Å². The minimum absolute atomic E-state index is 0.420. The largest absolute Gasteiger partial charge is 0.386 e. The number of hydrogen-bond donors (Lipinski definition) is 1. The molecular formula is C13H21FN2O. The van der Waals surface area contributed by atoms with Crippen molar-refractivity contribution in [3.63, 3.8) is 0 Å². The maximum absolute atomic E-state index is 13.1. The van der Waals surface area contributed by atoms with E-state index in [1.807, 2.05) is 27.7 Å². The first kappa shape index (κ1) is 14.1. The molecule has 17 heavy (non-hydrogen) atoms. The van der Waals surface area contributed by atoms with Crippen molar-refractivity contribution < 1.29 is 9.50 Å². The lowest BCUT2D eigenvalue weighted by Crippen LogP contribution is -2.48. The summed E-state index contributed by atoms with van der Waals surface area (Å²) in [7, 11) is 0. The summed E-state index contributed by atoms with van der Waals surface area (Å²) in [6.07, 6.45) is 1.89. The Morgan fingerprint density at radius 2 is 1.94 bits per heavy atom. The van der Waals surface area contributed by atoms with Gasteiger partial charge >= 0.3 is 0 Å². The Hall–Kier alpha value is -1.00. The quantitative estimate of drug-likeness (QED) is 0.858. The second-order valence-corrected chi connectivity index (χ2v) is 4.66. The molecule has 0 radical (unpaired) electrons. The Labute approximate surface area is 102 Å². The van der Waals surface area contributed by atoms with Crippen LogP contribution in [0.25, 0.3) is 0 Å². The predicted molar refractivity (Wildman–Crippen MR) is 66.2 cm³/mol. The van der Waals surface area contributed by atoms with Gasteiger partial charge in [-0.15, -0.1) is 0 Å². The van der Waals surface area contributed by atoms with E-state index in [-0.39, 0.29) is 0 Å². The number of nitrogens with zero attached hydrogens (tertiary/aromatic N) is 2. The van der Waals surface area contributed by atoms with Crippen molar-refractivity contribution in [2.45, 2.75) is 39.3 Å². The van der Waals surface area contributed by atoms with Crippen LogP contribution in [-0.4, -0.2) is 33.6 Å². The van der Waals surface area contributed by atoms with Crippen molar-refractivity contribution in [1.82, 2.24) is 9.88 Å². The van der Waals surface area contributed by atoms with Gasteiger partial charge in [0.05, 0.1) is 12.3 Å². The number of halogens is 1. The maximum Gasteiger partial charge on any atom is 0.141 e. The Morgan fingerprint density at radius 3 is 2.41 bits per heavy atom. The fourth-order valence-corrected chi connectivity index (χ4v) is 2.20. The van der Waals surface area contributed by atoms with Crippen LogP contribution in [0.4, 0.5) is 4.39 Å². The zero-order valence-corrected chi connectivity index (χ0v) is 10.9. The Bertz CT molecular complexity index is 364. The van der Waals surface area contributed by atoms with Gasteiger partial charge in [0.25, 0.3) is 0 Å². The topological polar surface area (TPSA) is 36.4 Å². The monoisotopic (exact) mass is 240 g/mol. The van der Waals surface area contributed by atoms with Gasteiger partial charge in [-0.1, -0.05) is 13.8 Å². The van der Waals surface area contributed by atoms with Crippen LogP contribution in [0, 0.1) is 5.82 Å². The number of hydrogen-bond acceptors (Lipinski definition) is 3. The molecule has 1 unspecified atom stereocenters. The number of aliphatic hydroxyl groups excluding tert-OH is 1. The van der Waals surface area contributed by atoms with Gasteiger partial charge in [0.2, 0.25) is 0 Å². The zero-order chi connectivity index (χ0) is 13.1. The van der Waals surface area contributed by atoms with Crippen molar-refractivity contribution in [3.8, 4) is 0 Å². The van der Waals surface area contributed by atoms with Gasteiger partial charge in [-0.2, -0.15) is 0 Å². The van der Waals surface area contributed by atoms with Crippen LogP contribution in [0.5, 0.6) is 0 Å². The highest BCUT2D eigenvalue weighted by Crippen LogP contribution is 2.30. The number of rotatable bonds is 5. The molecule has 0 spiro atoms. The first-order valence-electron chi connectivity index (χ1n) is 5.97. The molecule has 0 aromatic carbocycles. The minimum atomic E-state index is -0.759. The van der Waals surface area contributed by atoms with Crippen LogP contribution in [0.2, 0.25) is 0 Å². The average molecular weight is 240 g/mol. The molecule has 1 rings (SSSR count). The van der Waals surface area contributed by atoms with E-state index in [9.17, 15) is 9.50 Å². The Kier molecular flexibility index (Phi) is 4.60. The molecule has 0 amide bonds. The molecule has 1 aromatic heterocycles. The van der Waals surface area contributed by atoms with Crippen LogP contribution < -0.4 is 0 Å². The summed E-state index contributed by atoms with van der Waals surface area (Å²) in [6.45, 7) is 9.67. The molecule has 0 fully saturated rings. The third kappa shape index (κ3) is 3.01. The van der Waals surface area contributed by atoms with Crippen molar-refractivity contribution in [1.29, 1.82) is 0 Å². The number of pyridine rings is 1. The summed E-state index contributed by atoms with van der Waals surface area (Å²) in [5.74, 6) is -0.420. The van der Waals surface area contributed by atoms with Crippen LogP contribution in [-0.2, 0) is 0 Å². The summed E-state index contributed by atoms with van der Waals surface area (Å²) in [5, 5.41) is 10.4. The van der Waals surface area contributed by atoms with E-state index in [1.165, 1.54) is 12.3 Å². The molecule has 0 saturated carbocycles. The lowest BCUT2D eigenvalue weighted by Gasteiger charge is -2.41. The van der Waals surface area contributed by atoms with E-state index in [4.69, 9.17) is 0 Å². The van der Waals surface area contributed by atoms with E-state index in [0.717, 1.165) is 19.3 Å². The highest BCUT2D eigenvalue weighted by Gasteiger charge is 2.34. The molecule has 0 aliphatic carbocycles. The summed E-state index contributed by atoms with van der Waals surface area (Å²) < 4.78 is 13.1. The molecule has 3 nitrogen and oxygen atoms in total. The summed E-state index contributed by atoms with van der Waals surface area (Å²) >= 11 is 0. The van der Waals surface area contributed by atoms with Crippen molar-refractivity contribution >= 4 is 0 Å². The lowest BCUT2D eigenvalue weighted by atomic mass is 9.90. The van der Waals surface area contributed by atoms with Crippen LogP contribution in [0.1, 0.15) is 39.4 Å². The van der Waals surface area contributed by atoms with Crippen molar-refractivity contribution in [2.75, 3.05) is 13.1 Å². The predicted octanol–water partition coefficient (Wildman–Crippen LogP) is 2.37. The molecule has 0 bridgehead atoms. The van der Waals surface area contributed by atoms with Crippen molar-refractivity contribution in [3.05, 3.63) is 29.8 Å². The van der Waals surface area contributed by atoms with Crippen LogP contribution in [0.15, 0.2) is 18.5 Å². The minimum Gasteiger partial charge on any atom is -0.386 e. The highest BCUT2D eigenvalue weighted by atomic mass is 19.1. The molecule has 1 N–H and O–H groups in total. The molecule has 0 aliphatic rings. The molecule has 0 saturated heterocycles. The van der Waals surface area contributed by atoms with Crippen LogP contribution >= 0.6 is 0 Å². The normalized spacial score (nSPS) is 14.1. The Balaban J connectivity index is 2.98. The molecule has 4 heteroatoms. The fraction of sp³-hybridized carbons (Fsp3) is 0.615. The van der Waals surface area contributed by atoms with E-state index in [2.05, 4.69) is 9.88 Å². The van der Waals surface area contributed by atoms with Gasteiger partial charge in [-0.25, -0.2) is 4.39 Å². The van der Waals surface area contributed by atoms with Gasteiger partial charge in [0.15, 0.2) is 0 Å². The first-order valence-corrected chi connectivity index (χ1v) is 5.97. The van der Waals surface area contributed by atoms with E-state index < -0.39 is 17.5 Å².